The minimum Gasteiger partial charge on any atom is -0.490 e. The van der Waals surface area contributed by atoms with E-state index in [1.165, 1.54) is 18.2 Å². The van der Waals surface area contributed by atoms with Gasteiger partial charge in [-0.25, -0.2) is 4.39 Å². The van der Waals surface area contributed by atoms with Crippen LogP contribution in [0, 0.1) is 5.82 Å². The fourth-order valence-corrected chi connectivity index (χ4v) is 2.23. The van der Waals surface area contributed by atoms with E-state index < -0.39 is 17.6 Å². The summed E-state index contributed by atoms with van der Waals surface area (Å²) in [5.74, 6) is -0.325. The number of rotatable bonds is 8. The number of benzene rings is 2. The molecule has 0 aliphatic rings. The van der Waals surface area contributed by atoms with Gasteiger partial charge in [-0.15, -0.1) is 0 Å². The lowest BCUT2D eigenvalue weighted by molar-refractivity contribution is -0.115. The van der Waals surface area contributed by atoms with Crippen LogP contribution < -0.4 is 20.1 Å². The van der Waals surface area contributed by atoms with Gasteiger partial charge in [-0.3, -0.25) is 9.59 Å². The molecule has 0 heterocycles. The first-order valence-corrected chi connectivity index (χ1v) is 8.26. The lowest BCUT2D eigenvalue weighted by Gasteiger charge is -2.12. The molecule has 0 spiro atoms. The van der Waals surface area contributed by atoms with Crippen LogP contribution in [0.5, 0.6) is 11.5 Å². The number of anilines is 1. The van der Waals surface area contributed by atoms with Gasteiger partial charge in [0, 0.05) is 11.3 Å². The number of nitrogens with one attached hydrogen (secondary N) is 2. The normalized spacial score (nSPS) is 10.1. The molecule has 26 heavy (non-hydrogen) atoms. The highest BCUT2D eigenvalue weighted by Crippen LogP contribution is 2.28. The number of halogens is 1. The SMILES string of the molecule is CCOc1ccc(C(=O)NCC(=O)Nc2cccc(F)c2)cc1OCC. The Hall–Kier alpha value is -3.09. The average Bonchev–Trinajstić information content (AvgIpc) is 2.61. The van der Waals surface area contributed by atoms with E-state index in [0.717, 1.165) is 0 Å². The molecule has 2 N–H and O–H groups in total. The zero-order valence-corrected chi connectivity index (χ0v) is 14.7. The summed E-state index contributed by atoms with van der Waals surface area (Å²) < 4.78 is 24.0. The zero-order chi connectivity index (χ0) is 18.9. The molecule has 2 aromatic carbocycles. The summed E-state index contributed by atoms with van der Waals surface area (Å²) in [6.45, 7) is 4.35. The maximum atomic E-state index is 13.1. The standard InChI is InChI=1S/C19H21FN2O4/c1-3-25-16-9-8-13(10-17(16)26-4-2)19(24)21-12-18(23)22-15-7-5-6-14(20)11-15/h5-11H,3-4,12H2,1-2H3,(H,21,24)(H,22,23). The second-order valence-electron chi connectivity index (χ2n) is 5.27. The van der Waals surface area contributed by atoms with Gasteiger partial charge in [-0.1, -0.05) is 6.07 Å². The van der Waals surface area contributed by atoms with Gasteiger partial charge in [0.2, 0.25) is 5.91 Å². The maximum Gasteiger partial charge on any atom is 0.251 e. The largest absolute Gasteiger partial charge is 0.490 e. The molecular formula is C19H21FN2O4. The van der Waals surface area contributed by atoms with Crippen LogP contribution in [-0.2, 0) is 4.79 Å². The van der Waals surface area contributed by atoms with Crippen molar-refractivity contribution in [1.29, 1.82) is 0 Å². The summed E-state index contributed by atoms with van der Waals surface area (Å²) in [5, 5.41) is 5.02. The van der Waals surface area contributed by atoms with Crippen molar-refractivity contribution in [2.45, 2.75) is 13.8 Å². The molecule has 2 aromatic rings. The molecule has 6 nitrogen and oxygen atoms in total. The second-order valence-corrected chi connectivity index (χ2v) is 5.27. The minimum absolute atomic E-state index is 0.244. The fraction of sp³-hybridized carbons (Fsp3) is 0.263. The van der Waals surface area contributed by atoms with Crippen LogP contribution in [0.25, 0.3) is 0 Å². The van der Waals surface area contributed by atoms with Crippen LogP contribution in [0.3, 0.4) is 0 Å². The Morgan fingerprint density at radius 3 is 2.42 bits per heavy atom. The molecule has 138 valence electrons. The summed E-state index contributed by atoms with van der Waals surface area (Å²) in [4.78, 5) is 24.1. The smallest absolute Gasteiger partial charge is 0.251 e. The second kappa shape index (κ2) is 9.41. The van der Waals surface area contributed by atoms with Crippen LogP contribution in [0.4, 0.5) is 10.1 Å². The third-order valence-electron chi connectivity index (χ3n) is 3.32. The van der Waals surface area contributed by atoms with Crippen molar-refractivity contribution in [3.63, 3.8) is 0 Å². The molecule has 7 heteroatoms. The molecule has 0 fully saturated rings. The Morgan fingerprint density at radius 1 is 1.00 bits per heavy atom. The van der Waals surface area contributed by atoms with E-state index in [9.17, 15) is 14.0 Å². The monoisotopic (exact) mass is 360 g/mol. The van der Waals surface area contributed by atoms with Gasteiger partial charge < -0.3 is 20.1 Å². The predicted octanol–water partition coefficient (Wildman–Crippen LogP) is 2.99. The molecule has 0 atom stereocenters. The van der Waals surface area contributed by atoms with Crippen molar-refractivity contribution in [2.24, 2.45) is 0 Å². The van der Waals surface area contributed by atoms with Crippen molar-refractivity contribution in [3.05, 3.63) is 53.8 Å². The van der Waals surface area contributed by atoms with E-state index in [1.54, 1.807) is 24.3 Å². The minimum atomic E-state index is -0.458. The number of amides is 2. The van der Waals surface area contributed by atoms with Gasteiger partial charge in [0.1, 0.15) is 5.82 Å². The molecule has 0 saturated heterocycles. The number of ether oxygens (including phenoxy) is 2. The first-order chi connectivity index (χ1) is 12.5. The number of hydrogen-bond acceptors (Lipinski definition) is 4. The van der Waals surface area contributed by atoms with Crippen LogP contribution in [-0.4, -0.2) is 31.6 Å². The lowest BCUT2D eigenvalue weighted by atomic mass is 10.2. The summed E-state index contributed by atoms with van der Waals surface area (Å²) in [6, 6.07) is 10.3. The molecule has 0 aliphatic heterocycles. The Labute approximate surface area is 151 Å². The Balaban J connectivity index is 1.96. The first-order valence-electron chi connectivity index (χ1n) is 8.26. The highest BCUT2D eigenvalue weighted by molar-refractivity contribution is 5.99. The molecular weight excluding hydrogens is 339 g/mol. The van der Waals surface area contributed by atoms with Gasteiger partial charge in [0.05, 0.1) is 19.8 Å². The van der Waals surface area contributed by atoms with E-state index in [0.29, 0.717) is 36.0 Å². The number of hydrogen-bond donors (Lipinski definition) is 2. The van der Waals surface area contributed by atoms with E-state index in [2.05, 4.69) is 10.6 Å². The Bertz CT molecular complexity index is 780. The van der Waals surface area contributed by atoms with Crippen molar-refractivity contribution < 1.29 is 23.5 Å². The van der Waals surface area contributed by atoms with E-state index in [1.807, 2.05) is 13.8 Å². The predicted molar refractivity (Wildman–Crippen MR) is 96.1 cm³/mol. The fourth-order valence-electron chi connectivity index (χ4n) is 2.23. The topological polar surface area (TPSA) is 76.7 Å². The molecule has 0 aromatic heterocycles. The molecule has 0 unspecified atom stereocenters. The van der Waals surface area contributed by atoms with Gasteiger partial charge in [-0.2, -0.15) is 0 Å². The quantitative estimate of drug-likeness (QED) is 0.759. The van der Waals surface area contributed by atoms with Gasteiger partial charge >= 0.3 is 0 Å². The molecule has 0 saturated carbocycles. The highest BCUT2D eigenvalue weighted by Gasteiger charge is 2.13. The number of carbonyl (C=O) groups excluding carboxylic acids is 2. The number of carbonyl (C=O) groups is 2. The van der Waals surface area contributed by atoms with Gasteiger partial charge in [0.25, 0.3) is 5.91 Å². The van der Waals surface area contributed by atoms with Gasteiger partial charge in [0.15, 0.2) is 11.5 Å². The molecule has 0 bridgehead atoms. The third kappa shape index (κ3) is 5.47. The van der Waals surface area contributed by atoms with Gasteiger partial charge in [-0.05, 0) is 50.2 Å². The summed E-state index contributed by atoms with van der Waals surface area (Å²) in [7, 11) is 0. The summed E-state index contributed by atoms with van der Waals surface area (Å²) >= 11 is 0. The summed E-state index contributed by atoms with van der Waals surface area (Å²) in [5.41, 5.74) is 0.666. The van der Waals surface area contributed by atoms with E-state index in [-0.39, 0.29) is 6.54 Å². The lowest BCUT2D eigenvalue weighted by Crippen LogP contribution is -2.32. The van der Waals surface area contributed by atoms with E-state index in [4.69, 9.17) is 9.47 Å². The molecule has 0 radical (unpaired) electrons. The molecule has 0 aliphatic carbocycles. The van der Waals surface area contributed by atoms with Crippen LogP contribution in [0.1, 0.15) is 24.2 Å². The highest BCUT2D eigenvalue weighted by atomic mass is 19.1. The van der Waals surface area contributed by atoms with Crippen LogP contribution in [0.15, 0.2) is 42.5 Å². The molecule has 2 rings (SSSR count). The van der Waals surface area contributed by atoms with Crippen molar-refractivity contribution in [2.75, 3.05) is 25.1 Å². The summed E-state index contributed by atoms with van der Waals surface area (Å²) in [6.07, 6.45) is 0. The maximum absolute atomic E-state index is 13.1. The Morgan fingerprint density at radius 2 is 1.73 bits per heavy atom. The van der Waals surface area contributed by atoms with Crippen molar-refractivity contribution >= 4 is 17.5 Å². The Kier molecular flexibility index (Phi) is 6.96. The van der Waals surface area contributed by atoms with Crippen molar-refractivity contribution in [1.82, 2.24) is 5.32 Å². The van der Waals surface area contributed by atoms with Crippen LogP contribution in [0.2, 0.25) is 0 Å². The van der Waals surface area contributed by atoms with E-state index >= 15 is 0 Å². The zero-order valence-electron chi connectivity index (χ0n) is 14.7. The third-order valence-corrected chi connectivity index (χ3v) is 3.32. The average molecular weight is 360 g/mol. The van der Waals surface area contributed by atoms with Crippen LogP contribution >= 0.6 is 0 Å². The molecule has 2 amide bonds. The first kappa shape index (κ1) is 19.2. The van der Waals surface area contributed by atoms with Crippen molar-refractivity contribution in [3.8, 4) is 11.5 Å².